The van der Waals surface area contributed by atoms with E-state index in [-0.39, 0.29) is 36.1 Å². The van der Waals surface area contributed by atoms with E-state index in [0.29, 0.717) is 0 Å². The molecule has 1 heterocycles. The zero-order chi connectivity index (χ0) is 18.9. The van der Waals surface area contributed by atoms with Gasteiger partial charge in [-0.05, 0) is 42.5 Å². The summed E-state index contributed by atoms with van der Waals surface area (Å²) in [6, 6.07) is 3.30. The van der Waals surface area contributed by atoms with E-state index in [4.69, 9.17) is 4.74 Å². The molecule has 0 saturated carbocycles. The lowest BCUT2D eigenvalue weighted by Crippen LogP contribution is -2.48. The highest BCUT2D eigenvalue weighted by atomic mass is 32.2. The van der Waals surface area contributed by atoms with Gasteiger partial charge < -0.3 is 14.9 Å². The van der Waals surface area contributed by atoms with Crippen LogP contribution in [0.4, 0.5) is 0 Å². The molecule has 1 aromatic rings. The number of piperidine rings is 1. The summed E-state index contributed by atoms with van der Waals surface area (Å²) >= 11 is 0. The van der Waals surface area contributed by atoms with Crippen molar-refractivity contribution in [3.05, 3.63) is 23.3 Å². The molecule has 1 saturated heterocycles. The molecule has 1 aromatic carbocycles. The quantitative estimate of drug-likeness (QED) is 0.814. The van der Waals surface area contributed by atoms with Crippen LogP contribution in [0, 0.1) is 12.8 Å². The number of hydrogen-bond acceptors (Lipinski definition) is 5. The third kappa shape index (κ3) is 3.80. The van der Waals surface area contributed by atoms with Gasteiger partial charge in [-0.2, -0.15) is 4.31 Å². The Morgan fingerprint density at radius 2 is 2.00 bits per heavy atom. The second kappa shape index (κ2) is 7.31. The molecule has 2 atom stereocenters. The minimum absolute atomic E-state index is 0.0322. The second-order valence-electron chi connectivity index (χ2n) is 6.68. The van der Waals surface area contributed by atoms with E-state index in [0.717, 1.165) is 15.4 Å². The summed E-state index contributed by atoms with van der Waals surface area (Å²) in [5.41, 5.74) is 1.83. The maximum absolute atomic E-state index is 13.1. The van der Waals surface area contributed by atoms with E-state index in [2.05, 4.69) is 0 Å². The molecule has 0 unspecified atom stereocenters. The number of carboxylic acids is 1. The summed E-state index contributed by atoms with van der Waals surface area (Å²) in [6.45, 7) is 5.66. The van der Waals surface area contributed by atoms with Crippen LogP contribution in [0.15, 0.2) is 17.0 Å². The molecule has 0 spiro atoms. The smallest absolute Gasteiger partial charge is 0.310 e. The number of carboxylic acid groups (broad SMARTS) is 1. The third-order valence-corrected chi connectivity index (χ3v) is 6.53. The van der Waals surface area contributed by atoms with Gasteiger partial charge in [0, 0.05) is 13.1 Å². The van der Waals surface area contributed by atoms with E-state index < -0.39 is 28.0 Å². The number of nitrogens with zero attached hydrogens (tertiary/aromatic N) is 1. The van der Waals surface area contributed by atoms with Gasteiger partial charge in [0.2, 0.25) is 10.0 Å². The highest BCUT2D eigenvalue weighted by Gasteiger charge is 2.39. The van der Waals surface area contributed by atoms with E-state index in [1.54, 1.807) is 12.1 Å². The summed E-state index contributed by atoms with van der Waals surface area (Å²) in [7, 11) is -2.53. The normalized spacial score (nSPS) is 22.2. The monoisotopic (exact) mass is 371 g/mol. The maximum Gasteiger partial charge on any atom is 0.310 e. The van der Waals surface area contributed by atoms with Gasteiger partial charge in [-0.1, -0.05) is 13.8 Å². The van der Waals surface area contributed by atoms with Crippen LogP contribution < -0.4 is 4.74 Å². The van der Waals surface area contributed by atoms with Crippen molar-refractivity contribution < 1.29 is 28.2 Å². The number of aliphatic carboxylic acids is 1. The predicted octanol–water partition coefficient (Wildman–Crippen LogP) is 1.58. The Kier molecular flexibility index (Phi) is 5.75. The summed E-state index contributed by atoms with van der Waals surface area (Å²) in [5, 5.41) is 19.0. The molecule has 7 nitrogen and oxygen atoms in total. The minimum Gasteiger partial charge on any atom is -0.495 e. The fourth-order valence-corrected chi connectivity index (χ4v) is 4.82. The Morgan fingerprint density at radius 1 is 1.36 bits per heavy atom. The van der Waals surface area contributed by atoms with Crippen molar-refractivity contribution in [3.8, 4) is 5.75 Å². The van der Waals surface area contributed by atoms with Crippen LogP contribution in [0.25, 0.3) is 0 Å². The number of aliphatic hydroxyl groups is 1. The summed E-state index contributed by atoms with van der Waals surface area (Å²) in [6.07, 6.45) is -0.961. The highest BCUT2D eigenvalue weighted by Crippen LogP contribution is 2.34. The number of rotatable bonds is 5. The highest BCUT2D eigenvalue weighted by molar-refractivity contribution is 7.89. The van der Waals surface area contributed by atoms with Crippen molar-refractivity contribution in [2.45, 2.75) is 44.1 Å². The van der Waals surface area contributed by atoms with Crippen molar-refractivity contribution >= 4 is 16.0 Å². The Balaban J connectivity index is 2.49. The van der Waals surface area contributed by atoms with Crippen LogP contribution in [-0.4, -0.2) is 55.2 Å². The molecule has 1 fully saturated rings. The topological polar surface area (TPSA) is 104 Å². The number of carbonyl (C=O) groups is 1. The standard InChI is InChI=1S/C17H25NO6S/c1-10(2)12-8-16(15(24-4)7-11(12)3)25(22,23)18-6-5-14(19)13(9-18)17(20)21/h7-8,10,13-14,19H,5-6,9H2,1-4H3,(H,20,21)/t13-,14+/m0/s1. The fourth-order valence-electron chi connectivity index (χ4n) is 3.17. The Labute approximate surface area is 148 Å². The number of sulfonamides is 1. The molecule has 2 rings (SSSR count). The molecule has 140 valence electrons. The first-order valence-electron chi connectivity index (χ1n) is 8.19. The van der Waals surface area contributed by atoms with Crippen LogP contribution in [0.3, 0.4) is 0 Å². The van der Waals surface area contributed by atoms with Crippen molar-refractivity contribution in [1.82, 2.24) is 4.31 Å². The Bertz CT molecular complexity index is 759. The minimum atomic E-state index is -3.93. The molecule has 8 heteroatoms. The summed E-state index contributed by atoms with van der Waals surface area (Å²) < 4.78 is 32.6. The van der Waals surface area contributed by atoms with E-state index in [9.17, 15) is 23.4 Å². The molecule has 0 aliphatic carbocycles. The summed E-state index contributed by atoms with van der Waals surface area (Å²) in [5.74, 6) is -1.97. The van der Waals surface area contributed by atoms with Crippen molar-refractivity contribution in [3.63, 3.8) is 0 Å². The average molecular weight is 371 g/mol. The summed E-state index contributed by atoms with van der Waals surface area (Å²) in [4.78, 5) is 11.3. The lowest BCUT2D eigenvalue weighted by atomic mass is 9.96. The average Bonchev–Trinajstić information content (AvgIpc) is 2.53. The Morgan fingerprint density at radius 3 is 2.52 bits per heavy atom. The molecule has 0 radical (unpaired) electrons. The maximum atomic E-state index is 13.1. The molecule has 25 heavy (non-hydrogen) atoms. The van der Waals surface area contributed by atoms with Gasteiger partial charge >= 0.3 is 5.97 Å². The number of benzene rings is 1. The number of aryl methyl sites for hydroxylation is 1. The third-order valence-electron chi connectivity index (χ3n) is 4.65. The first-order valence-corrected chi connectivity index (χ1v) is 9.63. The largest absolute Gasteiger partial charge is 0.495 e. The number of aliphatic hydroxyl groups excluding tert-OH is 1. The van der Waals surface area contributed by atoms with Crippen LogP contribution >= 0.6 is 0 Å². The van der Waals surface area contributed by atoms with E-state index >= 15 is 0 Å². The van der Waals surface area contributed by atoms with Crippen molar-refractivity contribution in [2.75, 3.05) is 20.2 Å². The van der Waals surface area contributed by atoms with Crippen molar-refractivity contribution in [1.29, 1.82) is 0 Å². The molecule has 0 aromatic heterocycles. The number of ether oxygens (including phenoxy) is 1. The van der Waals surface area contributed by atoms with Crippen LogP contribution in [0.2, 0.25) is 0 Å². The lowest BCUT2D eigenvalue weighted by molar-refractivity contribution is -0.147. The van der Waals surface area contributed by atoms with Crippen LogP contribution in [0.1, 0.15) is 37.3 Å². The van der Waals surface area contributed by atoms with Gasteiger partial charge in [0.1, 0.15) is 10.6 Å². The molecular formula is C17H25NO6S. The number of methoxy groups -OCH3 is 1. The number of hydrogen-bond donors (Lipinski definition) is 2. The van der Waals surface area contributed by atoms with Crippen LogP contribution in [0.5, 0.6) is 5.75 Å². The van der Waals surface area contributed by atoms with Gasteiger partial charge in [0.05, 0.1) is 19.1 Å². The Hall–Kier alpha value is -1.64. The van der Waals surface area contributed by atoms with E-state index in [1.165, 1.54) is 7.11 Å². The molecule has 1 aliphatic rings. The lowest BCUT2D eigenvalue weighted by Gasteiger charge is -2.33. The zero-order valence-corrected chi connectivity index (χ0v) is 15.7. The molecule has 2 N–H and O–H groups in total. The first kappa shape index (κ1) is 19.7. The second-order valence-corrected chi connectivity index (χ2v) is 8.58. The van der Waals surface area contributed by atoms with Gasteiger partial charge in [0.15, 0.2) is 0 Å². The molecule has 0 amide bonds. The van der Waals surface area contributed by atoms with Crippen LogP contribution in [-0.2, 0) is 14.8 Å². The fraction of sp³-hybridized carbons (Fsp3) is 0.588. The SMILES string of the molecule is COc1cc(C)c(C(C)C)cc1S(=O)(=O)N1CC[C@@H](O)[C@@H](C(=O)O)C1. The molecular weight excluding hydrogens is 346 g/mol. The van der Waals surface area contributed by atoms with Gasteiger partial charge in [-0.15, -0.1) is 0 Å². The van der Waals surface area contributed by atoms with Gasteiger partial charge in [-0.3, -0.25) is 4.79 Å². The van der Waals surface area contributed by atoms with Gasteiger partial charge in [0.25, 0.3) is 0 Å². The van der Waals surface area contributed by atoms with E-state index in [1.807, 2.05) is 20.8 Å². The van der Waals surface area contributed by atoms with Crippen molar-refractivity contribution in [2.24, 2.45) is 5.92 Å². The van der Waals surface area contributed by atoms with Gasteiger partial charge in [-0.25, -0.2) is 8.42 Å². The zero-order valence-electron chi connectivity index (χ0n) is 14.9. The predicted molar refractivity (Wildman–Crippen MR) is 92.3 cm³/mol. The molecule has 0 bridgehead atoms. The first-order chi connectivity index (χ1) is 11.6. The molecule has 1 aliphatic heterocycles.